The van der Waals surface area contributed by atoms with Gasteiger partial charge in [0.2, 0.25) is 17.2 Å². The molecular weight excluding hydrogens is 483 g/mol. The van der Waals surface area contributed by atoms with E-state index < -0.39 is 47.5 Å². The van der Waals surface area contributed by atoms with E-state index in [1.165, 1.54) is 0 Å². The lowest BCUT2D eigenvalue weighted by Gasteiger charge is -2.17. The first kappa shape index (κ1) is 24.4. The van der Waals surface area contributed by atoms with Gasteiger partial charge in [-0.25, -0.2) is 13.8 Å². The maximum Gasteiger partial charge on any atom is 0.320 e. The molecule has 0 aliphatic heterocycles. The zero-order valence-electron chi connectivity index (χ0n) is 17.0. The highest BCUT2D eigenvalue weighted by atomic mass is 35.5. The topological polar surface area (TPSA) is 117 Å². The van der Waals surface area contributed by atoms with Gasteiger partial charge in [0.15, 0.2) is 11.6 Å². The molecule has 3 rings (SSSR count). The van der Waals surface area contributed by atoms with Gasteiger partial charge in [-0.2, -0.15) is 0 Å². The Hall–Kier alpha value is -3.21. The van der Waals surface area contributed by atoms with Gasteiger partial charge in [0.05, 0.1) is 6.54 Å². The summed E-state index contributed by atoms with van der Waals surface area (Å²) in [6, 6.07) is 8.30. The van der Waals surface area contributed by atoms with Crippen molar-refractivity contribution in [3.05, 3.63) is 69.7 Å². The summed E-state index contributed by atoms with van der Waals surface area (Å²) in [5.41, 5.74) is 4.86. The third kappa shape index (κ3) is 5.78. The minimum atomic E-state index is -1.33. The largest absolute Gasteiger partial charge is 0.474 e. The summed E-state index contributed by atoms with van der Waals surface area (Å²) >= 11 is 12.1. The van der Waals surface area contributed by atoms with Crippen LogP contribution < -0.4 is 15.8 Å². The van der Waals surface area contributed by atoms with Crippen molar-refractivity contribution >= 4 is 35.1 Å². The number of carbonyl (C=O) groups excluding carboxylic acids is 2. The average Bonchev–Trinajstić information content (AvgIpc) is 3.14. The van der Waals surface area contributed by atoms with Crippen LogP contribution in [-0.2, 0) is 9.53 Å². The fourth-order valence-corrected chi connectivity index (χ4v) is 3.12. The number of carbonyl (C=O) groups is 2. The molecule has 1 atom stereocenters. The number of aromatic nitrogens is 1. The molecule has 0 saturated heterocycles. The highest BCUT2D eigenvalue weighted by molar-refractivity contribution is 6.31. The molecule has 1 aromatic heterocycles. The molecule has 2 aromatic carbocycles. The smallest absolute Gasteiger partial charge is 0.320 e. The Balaban J connectivity index is 1.96. The van der Waals surface area contributed by atoms with Gasteiger partial charge in [-0.15, -0.1) is 0 Å². The maximum atomic E-state index is 14.7. The van der Waals surface area contributed by atoms with E-state index in [2.05, 4.69) is 10.3 Å². The number of likely N-dealkylation sites (N-methyl/N-ethyl adjacent to an activating group) is 1. The number of nitrogens with two attached hydrogens (primary N) is 1. The van der Waals surface area contributed by atoms with E-state index in [1.807, 2.05) is 0 Å². The van der Waals surface area contributed by atoms with E-state index >= 15 is 0 Å². The summed E-state index contributed by atoms with van der Waals surface area (Å²) in [4.78, 5) is 27.5. The van der Waals surface area contributed by atoms with Gasteiger partial charge in [-0.1, -0.05) is 23.7 Å². The van der Waals surface area contributed by atoms with Gasteiger partial charge >= 0.3 is 5.97 Å². The fourth-order valence-electron chi connectivity index (χ4n) is 2.76. The highest BCUT2D eigenvalue weighted by Gasteiger charge is 2.28. The van der Waals surface area contributed by atoms with Crippen LogP contribution in [0, 0.1) is 11.6 Å². The summed E-state index contributed by atoms with van der Waals surface area (Å²) in [5.74, 6) is -5.15. The number of oxazole rings is 1. The van der Waals surface area contributed by atoms with Crippen molar-refractivity contribution in [1.29, 1.82) is 0 Å². The normalized spacial score (nSPS) is 11.8. The number of nitrogens with zero attached hydrogens (tertiary/aromatic N) is 1. The molecule has 174 valence electrons. The van der Waals surface area contributed by atoms with Crippen LogP contribution in [-0.4, -0.2) is 37.1 Å². The molecule has 0 bridgehead atoms. The van der Waals surface area contributed by atoms with Crippen LogP contribution in [0.15, 0.2) is 40.8 Å². The lowest BCUT2D eigenvalue weighted by Crippen LogP contribution is -2.25. The van der Waals surface area contributed by atoms with Crippen molar-refractivity contribution < 1.29 is 32.3 Å². The van der Waals surface area contributed by atoms with E-state index in [0.717, 1.165) is 12.1 Å². The molecule has 0 radical (unpaired) electrons. The van der Waals surface area contributed by atoms with Gasteiger partial charge < -0.3 is 24.9 Å². The van der Waals surface area contributed by atoms with Crippen molar-refractivity contribution in [3.8, 4) is 17.0 Å². The van der Waals surface area contributed by atoms with E-state index in [1.54, 1.807) is 31.3 Å². The van der Waals surface area contributed by atoms with E-state index in [4.69, 9.17) is 42.8 Å². The second-order valence-corrected chi connectivity index (χ2v) is 7.38. The van der Waals surface area contributed by atoms with Gasteiger partial charge in [0.1, 0.15) is 23.7 Å². The predicted octanol–water partition coefficient (Wildman–Crippen LogP) is 3.91. The van der Waals surface area contributed by atoms with Gasteiger partial charge in [-0.05, 0) is 42.9 Å². The Morgan fingerprint density at radius 2 is 1.88 bits per heavy atom. The Kier molecular flexibility index (Phi) is 7.85. The van der Waals surface area contributed by atoms with Crippen molar-refractivity contribution in [3.63, 3.8) is 0 Å². The lowest BCUT2D eigenvalue weighted by molar-refractivity contribution is -0.145. The molecule has 1 unspecified atom stereocenters. The van der Waals surface area contributed by atoms with Gasteiger partial charge in [0, 0.05) is 10.6 Å². The number of halogens is 4. The maximum absolute atomic E-state index is 14.7. The second-order valence-electron chi connectivity index (χ2n) is 6.60. The van der Waals surface area contributed by atoms with Crippen LogP contribution in [0.25, 0.3) is 11.3 Å². The number of rotatable bonds is 9. The molecule has 0 aliphatic rings. The second kappa shape index (κ2) is 10.6. The van der Waals surface area contributed by atoms with Crippen molar-refractivity contribution in [2.45, 2.75) is 6.10 Å². The molecule has 1 heterocycles. The van der Waals surface area contributed by atoms with Crippen molar-refractivity contribution in [2.24, 2.45) is 5.73 Å². The average molecular weight is 500 g/mol. The summed E-state index contributed by atoms with van der Waals surface area (Å²) in [6.45, 7) is -0.564. The minimum absolute atomic E-state index is 0.105. The minimum Gasteiger partial charge on any atom is -0.474 e. The lowest BCUT2D eigenvalue weighted by atomic mass is 10.1. The number of hydrogen-bond donors (Lipinski definition) is 2. The van der Waals surface area contributed by atoms with Crippen LogP contribution in [0.3, 0.4) is 0 Å². The predicted molar refractivity (Wildman–Crippen MR) is 115 cm³/mol. The summed E-state index contributed by atoms with van der Waals surface area (Å²) in [6.07, 6.45) is -1.30. The molecule has 12 heteroatoms. The zero-order valence-corrected chi connectivity index (χ0v) is 18.5. The molecule has 0 fully saturated rings. The van der Waals surface area contributed by atoms with Gasteiger partial charge in [0.25, 0.3) is 5.91 Å². The fraction of sp³-hybridized carbons (Fsp3) is 0.190. The molecule has 0 spiro atoms. The number of hydrogen-bond acceptors (Lipinski definition) is 7. The number of ether oxygens (including phenoxy) is 2. The van der Waals surface area contributed by atoms with E-state index in [-0.39, 0.29) is 23.3 Å². The Bertz CT molecular complexity index is 1170. The Morgan fingerprint density at radius 1 is 1.18 bits per heavy atom. The Morgan fingerprint density at radius 3 is 2.52 bits per heavy atom. The molecule has 0 saturated carbocycles. The third-order valence-electron chi connectivity index (χ3n) is 4.28. The first-order valence-corrected chi connectivity index (χ1v) is 10.1. The molecule has 33 heavy (non-hydrogen) atoms. The number of esters is 1. The van der Waals surface area contributed by atoms with Crippen LogP contribution in [0.5, 0.6) is 5.75 Å². The molecular formula is C21H17Cl2F2N3O5. The number of amides is 1. The summed E-state index contributed by atoms with van der Waals surface area (Å²) in [7, 11) is 1.54. The quantitative estimate of drug-likeness (QED) is 0.428. The molecule has 3 N–H and O–H groups in total. The Labute approximate surface area is 196 Å². The number of primary amides is 1. The molecule has 0 aliphatic carbocycles. The number of benzene rings is 2. The highest BCUT2D eigenvalue weighted by Crippen LogP contribution is 2.34. The molecule has 8 nitrogen and oxygen atoms in total. The van der Waals surface area contributed by atoms with Crippen LogP contribution in [0.2, 0.25) is 10.2 Å². The zero-order chi connectivity index (χ0) is 24.1. The van der Waals surface area contributed by atoms with Crippen molar-refractivity contribution in [2.75, 3.05) is 20.2 Å². The summed E-state index contributed by atoms with van der Waals surface area (Å²) < 4.78 is 44.6. The van der Waals surface area contributed by atoms with Crippen LogP contribution in [0.1, 0.15) is 22.4 Å². The van der Waals surface area contributed by atoms with Crippen LogP contribution >= 0.6 is 23.2 Å². The first-order chi connectivity index (χ1) is 15.7. The van der Waals surface area contributed by atoms with Crippen molar-refractivity contribution in [1.82, 2.24) is 10.3 Å². The van der Waals surface area contributed by atoms with E-state index in [9.17, 15) is 18.4 Å². The monoisotopic (exact) mass is 499 g/mol. The first-order valence-electron chi connectivity index (χ1n) is 9.38. The molecule has 3 aromatic rings. The van der Waals surface area contributed by atoms with Gasteiger partial charge in [-0.3, -0.25) is 9.59 Å². The SMILES string of the molecule is CNCC(=O)OCC(Oc1ccc(F)c(C(N)=O)c1F)c1nc(-c2ccc(Cl)cc2)c(Cl)o1. The number of nitrogens with one attached hydrogen (secondary N) is 1. The standard InChI is InChI=1S/C21H17Cl2F2N3O5/c1-27-8-15(29)31-9-14(32-13-7-6-12(24)16(17(13)25)20(26)30)21-28-18(19(23)33-21)10-2-4-11(22)5-3-10/h2-7,14,27H,8-9H2,1H3,(H2,26,30). The summed E-state index contributed by atoms with van der Waals surface area (Å²) in [5, 5.41) is 3.00. The van der Waals surface area contributed by atoms with E-state index in [0.29, 0.717) is 10.6 Å². The van der Waals surface area contributed by atoms with Crippen LogP contribution in [0.4, 0.5) is 8.78 Å². The third-order valence-corrected chi connectivity index (χ3v) is 4.79. The molecule has 1 amide bonds.